The van der Waals surface area contributed by atoms with Gasteiger partial charge in [0.2, 0.25) is 0 Å². The van der Waals surface area contributed by atoms with E-state index < -0.39 is 0 Å². The lowest BCUT2D eigenvalue weighted by molar-refractivity contribution is -0.0331. The Morgan fingerprint density at radius 2 is 2.04 bits per heavy atom. The van der Waals surface area contributed by atoms with Crippen molar-refractivity contribution >= 4 is 0 Å². The monoisotopic (exact) mass is 318 g/mol. The second kappa shape index (κ2) is 6.80. The highest BCUT2D eigenvalue weighted by molar-refractivity contribution is 5.34. The first-order valence-electron chi connectivity index (χ1n) is 8.72. The Kier molecular flexibility index (Phi) is 4.95. The van der Waals surface area contributed by atoms with Crippen LogP contribution in [0.1, 0.15) is 30.4 Å². The Morgan fingerprint density at radius 1 is 1.30 bits per heavy atom. The van der Waals surface area contributed by atoms with E-state index in [4.69, 9.17) is 4.74 Å². The molecule has 4 nitrogen and oxygen atoms in total. The Bertz CT molecular complexity index is 526. The maximum atomic E-state index is 10.1. The molecule has 2 fully saturated rings. The third-order valence-corrected chi connectivity index (χ3v) is 5.66. The predicted octanol–water partition coefficient (Wildman–Crippen LogP) is 2.28. The number of nitrogens with zero attached hydrogens (tertiary/aromatic N) is 2. The second-order valence-electron chi connectivity index (χ2n) is 7.62. The van der Waals surface area contributed by atoms with Crippen molar-refractivity contribution < 1.29 is 9.84 Å². The van der Waals surface area contributed by atoms with Gasteiger partial charge in [0.15, 0.2) is 0 Å². The largest absolute Gasteiger partial charge is 0.497 e. The minimum atomic E-state index is -0.149. The van der Waals surface area contributed by atoms with Crippen molar-refractivity contribution in [3.63, 3.8) is 0 Å². The average Bonchev–Trinajstić information content (AvgIpc) is 2.50. The molecule has 2 heterocycles. The Labute approximate surface area is 140 Å². The van der Waals surface area contributed by atoms with Gasteiger partial charge in [-0.2, -0.15) is 0 Å². The molecule has 0 saturated carbocycles. The van der Waals surface area contributed by atoms with E-state index in [0.29, 0.717) is 5.41 Å². The van der Waals surface area contributed by atoms with Gasteiger partial charge in [-0.1, -0.05) is 6.07 Å². The fourth-order valence-corrected chi connectivity index (χ4v) is 4.39. The van der Waals surface area contributed by atoms with E-state index in [-0.39, 0.29) is 6.10 Å². The van der Waals surface area contributed by atoms with E-state index in [1.165, 1.54) is 24.0 Å². The standard InChI is InChI=1S/C19H30N2O2/c1-15-10-18(23-3)5-4-16(15)12-21-8-6-19(7-9-21)11-17(22)13-20(2)14-19/h4-5,10,17,22H,6-9,11-14H2,1-3H3. The fraction of sp³-hybridized carbons (Fsp3) is 0.684. The molecule has 1 spiro atoms. The summed E-state index contributed by atoms with van der Waals surface area (Å²) in [6.45, 7) is 7.41. The van der Waals surface area contributed by atoms with Gasteiger partial charge in [-0.15, -0.1) is 0 Å². The molecule has 0 radical (unpaired) electrons. The van der Waals surface area contributed by atoms with Gasteiger partial charge in [0.05, 0.1) is 13.2 Å². The summed E-state index contributed by atoms with van der Waals surface area (Å²) in [5, 5.41) is 10.1. The van der Waals surface area contributed by atoms with Crippen molar-refractivity contribution in [2.75, 3.05) is 40.3 Å². The van der Waals surface area contributed by atoms with Crippen LogP contribution in [0.2, 0.25) is 0 Å². The number of likely N-dealkylation sites (tertiary alicyclic amines) is 2. The summed E-state index contributed by atoms with van der Waals surface area (Å²) in [6.07, 6.45) is 3.23. The summed E-state index contributed by atoms with van der Waals surface area (Å²) < 4.78 is 5.29. The summed E-state index contributed by atoms with van der Waals surface area (Å²) in [5.74, 6) is 0.933. The molecule has 2 saturated heterocycles. The van der Waals surface area contributed by atoms with Gasteiger partial charge in [-0.05, 0) is 75.0 Å². The minimum Gasteiger partial charge on any atom is -0.497 e. The molecule has 1 aromatic carbocycles. The lowest BCUT2D eigenvalue weighted by Gasteiger charge is -2.48. The summed E-state index contributed by atoms with van der Waals surface area (Å²) in [6, 6.07) is 6.37. The van der Waals surface area contributed by atoms with Crippen molar-refractivity contribution in [3.05, 3.63) is 29.3 Å². The first-order valence-corrected chi connectivity index (χ1v) is 8.72. The number of hydrogen-bond donors (Lipinski definition) is 1. The third kappa shape index (κ3) is 3.87. The number of aliphatic hydroxyl groups is 1. The zero-order chi connectivity index (χ0) is 16.4. The quantitative estimate of drug-likeness (QED) is 0.927. The van der Waals surface area contributed by atoms with Crippen LogP contribution in [0.25, 0.3) is 0 Å². The minimum absolute atomic E-state index is 0.149. The van der Waals surface area contributed by atoms with Crippen molar-refractivity contribution in [1.29, 1.82) is 0 Å². The van der Waals surface area contributed by atoms with E-state index in [1.807, 2.05) is 0 Å². The van der Waals surface area contributed by atoms with Crippen molar-refractivity contribution in [1.82, 2.24) is 9.80 Å². The van der Waals surface area contributed by atoms with Gasteiger partial charge in [-0.25, -0.2) is 0 Å². The molecule has 0 aliphatic carbocycles. The molecule has 0 aromatic heterocycles. The molecular formula is C19H30N2O2. The predicted molar refractivity (Wildman–Crippen MR) is 92.8 cm³/mol. The van der Waals surface area contributed by atoms with Gasteiger partial charge < -0.3 is 14.7 Å². The van der Waals surface area contributed by atoms with E-state index >= 15 is 0 Å². The molecule has 3 rings (SSSR count). The average molecular weight is 318 g/mol. The number of β-amino-alcohol motifs (C(OH)–C–C–N with tert-alkyl or cyclic N) is 1. The van der Waals surface area contributed by atoms with Crippen LogP contribution in [0.5, 0.6) is 5.75 Å². The Morgan fingerprint density at radius 3 is 2.65 bits per heavy atom. The molecule has 0 amide bonds. The van der Waals surface area contributed by atoms with Gasteiger partial charge in [0, 0.05) is 19.6 Å². The van der Waals surface area contributed by atoms with Crippen molar-refractivity contribution in [2.24, 2.45) is 5.41 Å². The van der Waals surface area contributed by atoms with E-state index in [1.54, 1.807) is 7.11 Å². The molecule has 128 valence electrons. The number of piperidine rings is 2. The maximum Gasteiger partial charge on any atom is 0.119 e. The lowest BCUT2D eigenvalue weighted by atomic mass is 9.71. The van der Waals surface area contributed by atoms with Gasteiger partial charge in [0.25, 0.3) is 0 Å². The molecule has 1 N–H and O–H groups in total. The number of ether oxygens (including phenoxy) is 1. The summed E-state index contributed by atoms with van der Waals surface area (Å²) in [7, 11) is 3.85. The number of aliphatic hydroxyl groups excluding tert-OH is 1. The number of rotatable bonds is 3. The zero-order valence-electron chi connectivity index (χ0n) is 14.7. The summed E-state index contributed by atoms with van der Waals surface area (Å²) in [4.78, 5) is 4.86. The highest BCUT2D eigenvalue weighted by Crippen LogP contribution is 2.39. The van der Waals surface area contributed by atoms with Crippen LogP contribution in [0, 0.1) is 12.3 Å². The third-order valence-electron chi connectivity index (χ3n) is 5.66. The van der Waals surface area contributed by atoms with Crippen LogP contribution in [0.3, 0.4) is 0 Å². The molecule has 1 atom stereocenters. The Hall–Kier alpha value is -1.10. The topological polar surface area (TPSA) is 35.9 Å². The molecule has 1 aromatic rings. The van der Waals surface area contributed by atoms with Crippen molar-refractivity contribution in [2.45, 2.75) is 38.8 Å². The van der Waals surface area contributed by atoms with E-state index in [9.17, 15) is 5.11 Å². The van der Waals surface area contributed by atoms with Gasteiger partial charge >= 0.3 is 0 Å². The van der Waals surface area contributed by atoms with Crippen LogP contribution >= 0.6 is 0 Å². The number of hydrogen-bond acceptors (Lipinski definition) is 4. The SMILES string of the molecule is COc1ccc(CN2CCC3(CC2)CC(O)CN(C)C3)c(C)c1. The van der Waals surface area contributed by atoms with Gasteiger partial charge in [-0.3, -0.25) is 4.90 Å². The summed E-state index contributed by atoms with van der Waals surface area (Å²) >= 11 is 0. The van der Waals surface area contributed by atoms with Crippen molar-refractivity contribution in [3.8, 4) is 5.75 Å². The maximum absolute atomic E-state index is 10.1. The van der Waals surface area contributed by atoms with E-state index in [2.05, 4.69) is 42.0 Å². The molecule has 2 aliphatic heterocycles. The van der Waals surface area contributed by atoms with Crippen LogP contribution in [0.15, 0.2) is 18.2 Å². The molecule has 1 unspecified atom stereocenters. The van der Waals surface area contributed by atoms with Crippen LogP contribution in [-0.2, 0) is 6.54 Å². The smallest absolute Gasteiger partial charge is 0.119 e. The molecule has 0 bridgehead atoms. The molecule has 23 heavy (non-hydrogen) atoms. The fourth-order valence-electron chi connectivity index (χ4n) is 4.39. The number of methoxy groups -OCH3 is 1. The van der Waals surface area contributed by atoms with E-state index in [0.717, 1.165) is 44.9 Å². The Balaban J connectivity index is 1.59. The number of aryl methyl sites for hydroxylation is 1. The van der Waals surface area contributed by atoms with Gasteiger partial charge in [0.1, 0.15) is 5.75 Å². The van der Waals surface area contributed by atoms with Crippen LogP contribution < -0.4 is 4.74 Å². The number of benzene rings is 1. The second-order valence-corrected chi connectivity index (χ2v) is 7.62. The molecular weight excluding hydrogens is 288 g/mol. The lowest BCUT2D eigenvalue weighted by Crippen LogP contribution is -2.52. The normalized spacial score (nSPS) is 25.7. The molecule has 4 heteroatoms. The first-order chi connectivity index (χ1) is 11.0. The first kappa shape index (κ1) is 16.7. The molecule has 2 aliphatic rings. The zero-order valence-corrected chi connectivity index (χ0v) is 14.7. The summed E-state index contributed by atoms with van der Waals surface area (Å²) in [5.41, 5.74) is 3.03. The van der Waals surface area contributed by atoms with Crippen LogP contribution in [-0.4, -0.2) is 61.3 Å². The highest BCUT2D eigenvalue weighted by Gasteiger charge is 2.40. The number of likely N-dealkylation sites (N-methyl/N-ethyl adjacent to an activating group) is 1. The highest BCUT2D eigenvalue weighted by atomic mass is 16.5. The van der Waals surface area contributed by atoms with Crippen LogP contribution in [0.4, 0.5) is 0 Å².